The number of carbonyl (C=O) groups is 1. The van der Waals surface area contributed by atoms with Crippen LogP contribution < -0.4 is 4.74 Å². The Morgan fingerprint density at radius 3 is 2.69 bits per heavy atom. The fourth-order valence-electron chi connectivity index (χ4n) is 3.19. The molecule has 146 valence electrons. The molecule has 2 aromatic carbocycles. The van der Waals surface area contributed by atoms with Crippen molar-refractivity contribution in [3.63, 3.8) is 0 Å². The van der Waals surface area contributed by atoms with E-state index in [4.69, 9.17) is 9.47 Å². The zero-order chi connectivity index (χ0) is 20.4. The van der Waals surface area contributed by atoms with Crippen molar-refractivity contribution in [1.29, 1.82) is 0 Å². The number of fused-ring (bicyclic) bond motifs is 3. The molecule has 1 N–H and O–H groups in total. The molecule has 0 aliphatic carbocycles. The smallest absolute Gasteiger partial charge is 0.356 e. The van der Waals surface area contributed by atoms with Gasteiger partial charge in [0.15, 0.2) is 0 Å². The summed E-state index contributed by atoms with van der Waals surface area (Å²) in [4.78, 5) is 30.5. The second-order valence-electron chi connectivity index (χ2n) is 6.33. The number of aromatic amines is 1. The molecule has 0 spiro atoms. The zero-order valence-electron chi connectivity index (χ0n) is 15.5. The number of pyridine rings is 1. The Labute approximate surface area is 165 Å². The number of H-pyrrole nitrogens is 1. The van der Waals surface area contributed by atoms with Crippen LogP contribution in [0.25, 0.3) is 21.8 Å². The second-order valence-corrected chi connectivity index (χ2v) is 6.33. The monoisotopic (exact) mass is 391 g/mol. The zero-order valence-corrected chi connectivity index (χ0v) is 15.5. The number of benzene rings is 2. The minimum absolute atomic E-state index is 0.126. The largest absolute Gasteiger partial charge is 0.481 e. The number of esters is 1. The SMILES string of the molecule is CCOC(=O)c1cc2c(cn1)[nH]c1ccc([N+](=O)[O-])c(OCc3ccccc3)c12. The number of hydrogen-bond acceptors (Lipinski definition) is 6. The first kappa shape index (κ1) is 18.4. The third-order valence-corrected chi connectivity index (χ3v) is 4.49. The Bertz CT molecular complexity index is 1220. The lowest BCUT2D eigenvalue weighted by molar-refractivity contribution is -0.385. The Morgan fingerprint density at radius 1 is 1.17 bits per heavy atom. The van der Waals surface area contributed by atoms with Crippen molar-refractivity contribution in [2.45, 2.75) is 13.5 Å². The molecule has 0 saturated heterocycles. The van der Waals surface area contributed by atoms with Gasteiger partial charge in [-0.05, 0) is 24.6 Å². The molecule has 0 amide bonds. The lowest BCUT2D eigenvalue weighted by Gasteiger charge is -2.09. The summed E-state index contributed by atoms with van der Waals surface area (Å²) in [6, 6.07) is 14.0. The quantitative estimate of drug-likeness (QED) is 0.297. The van der Waals surface area contributed by atoms with E-state index in [-0.39, 0.29) is 30.3 Å². The van der Waals surface area contributed by atoms with Gasteiger partial charge in [-0.3, -0.25) is 10.1 Å². The van der Waals surface area contributed by atoms with Crippen LogP contribution in [0.1, 0.15) is 23.0 Å². The normalized spacial score (nSPS) is 10.9. The molecule has 2 heterocycles. The summed E-state index contributed by atoms with van der Waals surface area (Å²) in [7, 11) is 0. The van der Waals surface area contributed by atoms with Gasteiger partial charge in [-0.1, -0.05) is 30.3 Å². The van der Waals surface area contributed by atoms with Gasteiger partial charge in [0.25, 0.3) is 0 Å². The number of nitro groups is 1. The molecule has 29 heavy (non-hydrogen) atoms. The highest BCUT2D eigenvalue weighted by Crippen LogP contribution is 2.40. The highest BCUT2D eigenvalue weighted by Gasteiger charge is 2.23. The van der Waals surface area contributed by atoms with Crippen LogP contribution in [0.2, 0.25) is 0 Å². The standard InChI is InChI=1S/C21H17N3O5/c1-2-28-21(25)16-10-14-17(11-22-16)23-15-8-9-18(24(26)27)20(19(14)15)29-12-13-6-4-3-5-7-13/h3-11,23H,2,12H2,1H3. The third kappa shape index (κ3) is 3.47. The number of ether oxygens (including phenoxy) is 2. The molecule has 0 unspecified atom stereocenters. The van der Waals surface area contributed by atoms with E-state index in [9.17, 15) is 14.9 Å². The topological polar surface area (TPSA) is 107 Å². The van der Waals surface area contributed by atoms with Crippen LogP contribution in [0.5, 0.6) is 5.75 Å². The van der Waals surface area contributed by atoms with Crippen molar-refractivity contribution < 1.29 is 19.2 Å². The van der Waals surface area contributed by atoms with E-state index in [2.05, 4.69) is 9.97 Å². The number of nitrogens with one attached hydrogen (secondary N) is 1. The van der Waals surface area contributed by atoms with Crippen LogP contribution in [0.3, 0.4) is 0 Å². The summed E-state index contributed by atoms with van der Waals surface area (Å²) in [6.07, 6.45) is 1.51. The van der Waals surface area contributed by atoms with Gasteiger partial charge in [0.2, 0.25) is 5.75 Å². The molecule has 0 atom stereocenters. The summed E-state index contributed by atoms with van der Waals surface area (Å²) in [5.74, 6) is -0.412. The maximum Gasteiger partial charge on any atom is 0.356 e. The lowest BCUT2D eigenvalue weighted by atomic mass is 10.1. The number of hydrogen-bond donors (Lipinski definition) is 1. The summed E-state index contributed by atoms with van der Waals surface area (Å²) in [5.41, 5.74) is 2.15. The first-order valence-corrected chi connectivity index (χ1v) is 9.01. The van der Waals surface area contributed by atoms with Crippen molar-refractivity contribution in [2.75, 3.05) is 6.61 Å². The van der Waals surface area contributed by atoms with E-state index in [0.29, 0.717) is 21.8 Å². The second kappa shape index (κ2) is 7.59. The molecular weight excluding hydrogens is 374 g/mol. The van der Waals surface area contributed by atoms with Gasteiger partial charge in [0.05, 0.1) is 34.1 Å². The highest BCUT2D eigenvalue weighted by molar-refractivity contribution is 6.12. The Morgan fingerprint density at radius 2 is 1.97 bits per heavy atom. The van der Waals surface area contributed by atoms with Gasteiger partial charge in [0.1, 0.15) is 12.3 Å². The van der Waals surface area contributed by atoms with Crippen LogP contribution in [-0.2, 0) is 11.3 Å². The van der Waals surface area contributed by atoms with Crippen molar-refractivity contribution in [2.24, 2.45) is 0 Å². The van der Waals surface area contributed by atoms with Crippen molar-refractivity contribution >= 4 is 33.5 Å². The summed E-state index contributed by atoms with van der Waals surface area (Å²) < 4.78 is 10.9. The summed E-state index contributed by atoms with van der Waals surface area (Å²) >= 11 is 0. The van der Waals surface area contributed by atoms with Crippen molar-refractivity contribution in [3.8, 4) is 5.75 Å². The number of nitrogens with zero attached hydrogens (tertiary/aromatic N) is 2. The number of aromatic nitrogens is 2. The molecular formula is C21H17N3O5. The third-order valence-electron chi connectivity index (χ3n) is 4.49. The molecule has 0 saturated carbocycles. The van der Waals surface area contributed by atoms with Gasteiger partial charge in [-0.15, -0.1) is 0 Å². The molecule has 0 radical (unpaired) electrons. The molecule has 0 aliphatic rings. The minimum atomic E-state index is -0.555. The van der Waals surface area contributed by atoms with Crippen molar-refractivity contribution in [1.82, 2.24) is 9.97 Å². The number of carbonyl (C=O) groups excluding carboxylic acids is 1. The molecule has 2 aromatic heterocycles. The molecule has 0 bridgehead atoms. The fourth-order valence-corrected chi connectivity index (χ4v) is 3.19. The van der Waals surface area contributed by atoms with Gasteiger partial charge < -0.3 is 14.5 Å². The van der Waals surface area contributed by atoms with E-state index < -0.39 is 10.9 Å². The van der Waals surface area contributed by atoms with Crippen LogP contribution in [0.4, 0.5) is 5.69 Å². The molecule has 0 fully saturated rings. The fraction of sp³-hybridized carbons (Fsp3) is 0.143. The molecule has 8 heteroatoms. The first-order valence-electron chi connectivity index (χ1n) is 9.01. The van der Waals surface area contributed by atoms with Crippen LogP contribution in [0.15, 0.2) is 54.7 Å². The van der Waals surface area contributed by atoms with Crippen LogP contribution >= 0.6 is 0 Å². The van der Waals surface area contributed by atoms with Gasteiger partial charge in [-0.2, -0.15) is 0 Å². The average Bonchev–Trinajstić information content (AvgIpc) is 3.10. The van der Waals surface area contributed by atoms with E-state index in [1.54, 1.807) is 19.1 Å². The molecule has 0 aliphatic heterocycles. The summed E-state index contributed by atoms with van der Waals surface area (Å²) in [5, 5.41) is 12.8. The number of nitro benzene ring substituents is 1. The predicted octanol–water partition coefficient (Wildman–Crippen LogP) is 4.38. The maximum absolute atomic E-state index is 12.1. The minimum Gasteiger partial charge on any atom is -0.481 e. The molecule has 4 aromatic rings. The van der Waals surface area contributed by atoms with E-state index in [1.807, 2.05) is 30.3 Å². The molecule has 8 nitrogen and oxygen atoms in total. The van der Waals surface area contributed by atoms with E-state index in [0.717, 1.165) is 5.56 Å². The lowest BCUT2D eigenvalue weighted by Crippen LogP contribution is -2.06. The highest BCUT2D eigenvalue weighted by atomic mass is 16.6. The van der Waals surface area contributed by atoms with E-state index >= 15 is 0 Å². The van der Waals surface area contributed by atoms with Crippen molar-refractivity contribution in [3.05, 3.63) is 76.1 Å². The first-order chi connectivity index (χ1) is 14.1. The Balaban J connectivity index is 1.88. The van der Waals surface area contributed by atoms with Crippen LogP contribution in [0, 0.1) is 10.1 Å². The van der Waals surface area contributed by atoms with Gasteiger partial charge in [0, 0.05) is 11.5 Å². The summed E-state index contributed by atoms with van der Waals surface area (Å²) in [6.45, 7) is 2.10. The van der Waals surface area contributed by atoms with E-state index in [1.165, 1.54) is 12.3 Å². The van der Waals surface area contributed by atoms with Gasteiger partial charge in [-0.25, -0.2) is 9.78 Å². The van der Waals surface area contributed by atoms with Gasteiger partial charge >= 0.3 is 11.7 Å². The average molecular weight is 391 g/mol. The van der Waals surface area contributed by atoms with Crippen LogP contribution in [-0.4, -0.2) is 27.5 Å². The number of rotatable bonds is 6. The molecule has 4 rings (SSSR count). The maximum atomic E-state index is 12.1. The predicted molar refractivity (Wildman–Crippen MR) is 107 cm³/mol. The Kier molecular flexibility index (Phi) is 4.82. The Hall–Kier alpha value is -3.94.